The molecule has 0 aliphatic carbocycles. The summed E-state index contributed by atoms with van der Waals surface area (Å²) in [5.74, 6) is -0.277. The number of hydrogen-bond donors (Lipinski definition) is 1. The lowest BCUT2D eigenvalue weighted by Crippen LogP contribution is -2.23. The van der Waals surface area contributed by atoms with E-state index < -0.39 is 6.61 Å². The summed E-state index contributed by atoms with van der Waals surface area (Å²) in [6.07, 6.45) is 3.41. The molecular formula is C20H21F2NO3. The van der Waals surface area contributed by atoms with Gasteiger partial charge >= 0.3 is 6.61 Å². The van der Waals surface area contributed by atoms with Crippen molar-refractivity contribution in [2.45, 2.75) is 19.6 Å². The van der Waals surface area contributed by atoms with Crippen molar-refractivity contribution < 1.29 is 23.0 Å². The maximum atomic E-state index is 12.3. The second-order valence-corrected chi connectivity index (χ2v) is 5.43. The summed E-state index contributed by atoms with van der Waals surface area (Å²) in [6, 6.07) is 16.1. The molecule has 0 fully saturated rings. The number of benzene rings is 2. The van der Waals surface area contributed by atoms with Crippen LogP contribution in [0.4, 0.5) is 8.78 Å². The highest BCUT2D eigenvalue weighted by Crippen LogP contribution is 2.21. The van der Waals surface area contributed by atoms with Gasteiger partial charge in [0.05, 0.1) is 6.61 Å². The summed E-state index contributed by atoms with van der Waals surface area (Å²) in [7, 11) is 0. The van der Waals surface area contributed by atoms with E-state index >= 15 is 0 Å². The molecule has 1 amide bonds. The van der Waals surface area contributed by atoms with Crippen LogP contribution in [0.25, 0.3) is 6.08 Å². The Bertz CT molecular complexity index is 705. The first-order valence-corrected chi connectivity index (χ1v) is 8.26. The number of carbonyl (C=O) groups excluding carboxylic acids is 1. The van der Waals surface area contributed by atoms with Crippen molar-refractivity contribution in [2.24, 2.45) is 0 Å². The molecule has 0 heterocycles. The summed E-state index contributed by atoms with van der Waals surface area (Å²) < 4.78 is 34.6. The van der Waals surface area contributed by atoms with Crippen molar-refractivity contribution >= 4 is 12.0 Å². The predicted octanol–water partition coefficient (Wildman–Crippen LogP) is 4.02. The molecule has 0 aliphatic heterocycles. The molecule has 2 rings (SSSR count). The molecule has 0 saturated carbocycles. The second kappa shape index (κ2) is 11.0. The lowest BCUT2D eigenvalue weighted by molar-refractivity contribution is -0.116. The van der Waals surface area contributed by atoms with Gasteiger partial charge in [0.1, 0.15) is 5.75 Å². The Morgan fingerprint density at radius 1 is 1.08 bits per heavy atom. The predicted molar refractivity (Wildman–Crippen MR) is 95.8 cm³/mol. The van der Waals surface area contributed by atoms with Crippen LogP contribution in [-0.4, -0.2) is 25.7 Å². The number of ether oxygens (including phenoxy) is 2. The van der Waals surface area contributed by atoms with Crippen LogP contribution in [0, 0.1) is 0 Å². The number of carbonyl (C=O) groups is 1. The molecule has 0 radical (unpaired) electrons. The van der Waals surface area contributed by atoms with Gasteiger partial charge in [-0.2, -0.15) is 8.78 Å². The Morgan fingerprint density at radius 2 is 1.81 bits per heavy atom. The second-order valence-electron chi connectivity index (χ2n) is 5.43. The molecular weight excluding hydrogens is 340 g/mol. The van der Waals surface area contributed by atoms with E-state index in [4.69, 9.17) is 4.74 Å². The van der Waals surface area contributed by atoms with Crippen LogP contribution >= 0.6 is 0 Å². The molecule has 0 unspecified atom stereocenters. The molecule has 0 spiro atoms. The summed E-state index contributed by atoms with van der Waals surface area (Å²) in [6.45, 7) is -1.37. The van der Waals surface area contributed by atoms with Gasteiger partial charge in [0.2, 0.25) is 5.91 Å². The number of amides is 1. The number of rotatable bonds is 10. The average molecular weight is 361 g/mol. The van der Waals surface area contributed by atoms with Gasteiger partial charge in [0, 0.05) is 24.8 Å². The zero-order valence-corrected chi connectivity index (χ0v) is 14.2. The van der Waals surface area contributed by atoms with Crippen LogP contribution in [0.5, 0.6) is 5.75 Å². The van der Waals surface area contributed by atoms with Crippen molar-refractivity contribution in [1.29, 1.82) is 0 Å². The van der Waals surface area contributed by atoms with E-state index in [1.165, 1.54) is 18.2 Å². The van der Waals surface area contributed by atoms with Crippen molar-refractivity contribution in [3.8, 4) is 5.75 Å². The fraction of sp³-hybridized carbons (Fsp3) is 0.250. The maximum absolute atomic E-state index is 12.3. The molecule has 4 nitrogen and oxygen atoms in total. The Morgan fingerprint density at radius 3 is 2.58 bits per heavy atom. The summed E-state index contributed by atoms with van der Waals surface area (Å²) >= 11 is 0. The molecule has 138 valence electrons. The van der Waals surface area contributed by atoms with Gasteiger partial charge in [-0.1, -0.05) is 48.5 Å². The molecule has 0 saturated heterocycles. The highest BCUT2D eigenvalue weighted by molar-refractivity contribution is 5.92. The van der Waals surface area contributed by atoms with E-state index in [0.29, 0.717) is 31.7 Å². The Labute approximate surface area is 151 Å². The first kappa shape index (κ1) is 19.6. The average Bonchev–Trinajstić information content (AvgIpc) is 2.64. The van der Waals surface area contributed by atoms with Gasteiger partial charge in [0.15, 0.2) is 0 Å². The molecule has 26 heavy (non-hydrogen) atoms. The molecule has 0 atom stereocenters. The minimum absolute atomic E-state index is 0.0286. The summed E-state index contributed by atoms with van der Waals surface area (Å²) in [5.41, 5.74) is 1.51. The van der Waals surface area contributed by atoms with E-state index in [9.17, 15) is 13.6 Å². The largest absolute Gasteiger partial charge is 0.434 e. The van der Waals surface area contributed by atoms with Gasteiger partial charge in [-0.05, 0) is 24.1 Å². The molecule has 1 N–H and O–H groups in total. The Hall–Kier alpha value is -2.73. The number of alkyl halides is 2. The first-order valence-electron chi connectivity index (χ1n) is 8.26. The number of hydrogen-bond acceptors (Lipinski definition) is 3. The SMILES string of the molecule is O=C(C=Cc1ccccc1OC(F)F)NCCCOCc1ccccc1. The summed E-state index contributed by atoms with van der Waals surface area (Å²) in [4.78, 5) is 11.8. The van der Waals surface area contributed by atoms with Crippen molar-refractivity contribution in [2.75, 3.05) is 13.2 Å². The van der Waals surface area contributed by atoms with Crippen LogP contribution in [0.1, 0.15) is 17.5 Å². The molecule has 2 aromatic rings. The highest BCUT2D eigenvalue weighted by Gasteiger charge is 2.07. The third-order valence-corrected chi connectivity index (χ3v) is 3.43. The molecule has 2 aromatic carbocycles. The van der Waals surface area contributed by atoms with E-state index in [2.05, 4.69) is 10.1 Å². The first-order chi connectivity index (χ1) is 12.6. The third kappa shape index (κ3) is 7.44. The van der Waals surface area contributed by atoms with E-state index in [1.54, 1.807) is 18.2 Å². The van der Waals surface area contributed by atoms with Gasteiger partial charge in [0.25, 0.3) is 0 Å². The van der Waals surface area contributed by atoms with Gasteiger partial charge < -0.3 is 14.8 Å². The fourth-order valence-electron chi connectivity index (χ4n) is 2.20. The molecule has 0 bridgehead atoms. The minimum Gasteiger partial charge on any atom is -0.434 e. The van der Waals surface area contributed by atoms with E-state index in [0.717, 1.165) is 5.56 Å². The topological polar surface area (TPSA) is 47.6 Å². The van der Waals surface area contributed by atoms with Crippen LogP contribution in [0.2, 0.25) is 0 Å². The lowest BCUT2D eigenvalue weighted by atomic mass is 10.2. The van der Waals surface area contributed by atoms with Crippen LogP contribution in [0.3, 0.4) is 0 Å². The third-order valence-electron chi connectivity index (χ3n) is 3.43. The van der Waals surface area contributed by atoms with E-state index in [1.807, 2.05) is 30.3 Å². The monoisotopic (exact) mass is 361 g/mol. The van der Waals surface area contributed by atoms with Crippen LogP contribution in [-0.2, 0) is 16.1 Å². The van der Waals surface area contributed by atoms with Crippen LogP contribution < -0.4 is 10.1 Å². The Kier molecular flexibility index (Phi) is 8.29. The highest BCUT2D eigenvalue weighted by atomic mass is 19.3. The zero-order chi connectivity index (χ0) is 18.6. The standard InChI is InChI=1S/C20H21F2NO3/c21-20(22)26-18-10-5-4-9-17(18)11-12-19(24)23-13-6-14-25-15-16-7-2-1-3-8-16/h1-5,7-12,20H,6,13-15H2,(H,23,24). The van der Waals surface area contributed by atoms with Crippen molar-refractivity contribution in [1.82, 2.24) is 5.32 Å². The molecule has 0 aromatic heterocycles. The fourth-order valence-corrected chi connectivity index (χ4v) is 2.20. The number of nitrogens with one attached hydrogen (secondary N) is 1. The normalized spacial score (nSPS) is 11.0. The molecule has 0 aliphatic rings. The maximum Gasteiger partial charge on any atom is 0.387 e. The van der Waals surface area contributed by atoms with Gasteiger partial charge in [-0.3, -0.25) is 4.79 Å². The quantitative estimate of drug-likeness (QED) is 0.514. The lowest BCUT2D eigenvalue weighted by Gasteiger charge is -2.07. The zero-order valence-electron chi connectivity index (χ0n) is 14.2. The summed E-state index contributed by atoms with van der Waals surface area (Å²) in [5, 5.41) is 2.72. The van der Waals surface area contributed by atoms with Gasteiger partial charge in [-0.15, -0.1) is 0 Å². The van der Waals surface area contributed by atoms with E-state index in [-0.39, 0.29) is 11.7 Å². The van der Waals surface area contributed by atoms with Crippen LogP contribution in [0.15, 0.2) is 60.7 Å². The molecule has 6 heteroatoms. The minimum atomic E-state index is -2.91. The smallest absolute Gasteiger partial charge is 0.387 e. The van der Waals surface area contributed by atoms with Gasteiger partial charge in [-0.25, -0.2) is 0 Å². The van der Waals surface area contributed by atoms with Crippen molar-refractivity contribution in [3.63, 3.8) is 0 Å². The number of halogens is 2. The van der Waals surface area contributed by atoms with Crippen molar-refractivity contribution in [3.05, 3.63) is 71.8 Å². The number of para-hydroxylation sites is 1. The Balaban J connectivity index is 1.66.